The molecule has 0 aliphatic rings. The monoisotopic (exact) mass is 381 g/mol. The van der Waals surface area contributed by atoms with Gasteiger partial charge in [0.05, 0.1) is 15.2 Å². The normalized spacial score (nSPS) is 10.7. The number of nitrogens with zero attached hydrogens (tertiary/aromatic N) is 1. The largest absolute Gasteiger partial charge is 0.352 e. The predicted octanol–water partition coefficient (Wildman–Crippen LogP) is 4.40. The lowest BCUT2D eigenvalue weighted by Crippen LogP contribution is -2.24. The van der Waals surface area contributed by atoms with Crippen LogP contribution in [0.5, 0.6) is 0 Å². The summed E-state index contributed by atoms with van der Waals surface area (Å²) in [5.74, 6) is -0.175. The van der Waals surface area contributed by atoms with E-state index < -0.39 is 0 Å². The fourth-order valence-corrected chi connectivity index (χ4v) is 3.74. The molecule has 0 aliphatic carbocycles. The Morgan fingerprint density at radius 1 is 1.11 bits per heavy atom. The molecule has 0 radical (unpaired) electrons. The van der Waals surface area contributed by atoms with Gasteiger partial charge in [-0.1, -0.05) is 25.1 Å². The van der Waals surface area contributed by atoms with E-state index in [-0.39, 0.29) is 11.8 Å². The summed E-state index contributed by atoms with van der Waals surface area (Å²) in [6.45, 7) is 2.65. The summed E-state index contributed by atoms with van der Waals surface area (Å²) in [6.07, 6.45) is 2.83. The number of fused-ring (bicyclic) bond motifs is 1. The Kier molecular flexibility index (Phi) is 6.54. The molecule has 140 valence electrons. The van der Waals surface area contributed by atoms with E-state index in [1.54, 1.807) is 35.6 Å². The maximum Gasteiger partial charge on any atom is 0.251 e. The molecule has 0 saturated heterocycles. The van der Waals surface area contributed by atoms with E-state index in [9.17, 15) is 9.59 Å². The fraction of sp³-hybridized carbons (Fsp3) is 0.286. The van der Waals surface area contributed by atoms with Gasteiger partial charge >= 0.3 is 0 Å². The first-order chi connectivity index (χ1) is 13.2. The molecule has 27 heavy (non-hydrogen) atoms. The zero-order valence-electron chi connectivity index (χ0n) is 15.3. The number of rotatable bonds is 8. The summed E-state index contributed by atoms with van der Waals surface area (Å²) in [4.78, 5) is 28.8. The summed E-state index contributed by atoms with van der Waals surface area (Å²) in [5, 5.41) is 6.76. The molecule has 0 fully saturated rings. The highest BCUT2D eigenvalue weighted by atomic mass is 32.1. The third kappa shape index (κ3) is 5.37. The first-order valence-electron chi connectivity index (χ1n) is 9.18. The Morgan fingerprint density at radius 3 is 2.78 bits per heavy atom. The second-order valence-electron chi connectivity index (χ2n) is 6.31. The first kappa shape index (κ1) is 19.0. The Hall–Kier alpha value is -2.73. The molecule has 0 unspecified atom stereocenters. The van der Waals surface area contributed by atoms with Crippen LogP contribution in [-0.4, -0.2) is 23.3 Å². The number of benzene rings is 2. The van der Waals surface area contributed by atoms with Gasteiger partial charge in [0, 0.05) is 24.2 Å². The number of amides is 2. The molecule has 1 heterocycles. The Morgan fingerprint density at radius 2 is 1.96 bits per heavy atom. The number of hydrogen-bond acceptors (Lipinski definition) is 4. The van der Waals surface area contributed by atoms with Crippen LogP contribution in [0.4, 0.5) is 5.69 Å². The average molecular weight is 382 g/mol. The van der Waals surface area contributed by atoms with Crippen molar-refractivity contribution in [3.63, 3.8) is 0 Å². The lowest BCUT2D eigenvalue weighted by Gasteiger charge is -2.08. The van der Waals surface area contributed by atoms with Crippen molar-refractivity contribution in [2.75, 3.05) is 11.9 Å². The highest BCUT2D eigenvalue weighted by molar-refractivity contribution is 7.18. The second-order valence-corrected chi connectivity index (χ2v) is 7.43. The van der Waals surface area contributed by atoms with Crippen molar-refractivity contribution in [2.24, 2.45) is 0 Å². The molecule has 1 aromatic heterocycles. The number of aromatic nitrogens is 1. The minimum absolute atomic E-state index is 0.0535. The zero-order valence-corrected chi connectivity index (χ0v) is 16.1. The van der Waals surface area contributed by atoms with Crippen molar-refractivity contribution in [1.29, 1.82) is 0 Å². The predicted molar refractivity (Wildman–Crippen MR) is 110 cm³/mol. The minimum Gasteiger partial charge on any atom is -0.352 e. The number of carbonyl (C=O) groups is 2. The molecule has 0 bridgehead atoms. The highest BCUT2D eigenvalue weighted by Gasteiger charge is 2.08. The molecular formula is C21H23N3O2S. The number of aryl methyl sites for hydroxylation is 1. The van der Waals surface area contributed by atoms with E-state index in [2.05, 4.69) is 21.7 Å². The van der Waals surface area contributed by atoms with E-state index in [1.807, 2.05) is 25.1 Å². The van der Waals surface area contributed by atoms with E-state index in [1.165, 1.54) is 4.70 Å². The summed E-state index contributed by atoms with van der Waals surface area (Å²) in [7, 11) is 0. The fourth-order valence-electron chi connectivity index (χ4n) is 2.73. The molecule has 0 aliphatic heterocycles. The lowest BCUT2D eigenvalue weighted by atomic mass is 10.1. The van der Waals surface area contributed by atoms with Crippen LogP contribution in [0.15, 0.2) is 48.5 Å². The van der Waals surface area contributed by atoms with Crippen LogP contribution in [0, 0.1) is 0 Å². The molecule has 3 rings (SSSR count). The van der Waals surface area contributed by atoms with Crippen molar-refractivity contribution in [3.8, 4) is 0 Å². The number of nitrogens with one attached hydrogen (secondary N) is 2. The maximum atomic E-state index is 12.2. The number of para-hydroxylation sites is 1. The molecule has 2 N–H and O–H groups in total. The first-order valence-corrected chi connectivity index (χ1v) is 10.00. The lowest BCUT2D eigenvalue weighted by molar-refractivity contribution is -0.116. The van der Waals surface area contributed by atoms with Crippen molar-refractivity contribution in [3.05, 3.63) is 59.1 Å². The van der Waals surface area contributed by atoms with Crippen molar-refractivity contribution < 1.29 is 9.59 Å². The summed E-state index contributed by atoms with van der Waals surface area (Å²) < 4.78 is 1.18. The number of anilines is 1. The van der Waals surface area contributed by atoms with E-state index in [0.717, 1.165) is 29.8 Å². The molecular weight excluding hydrogens is 358 g/mol. The van der Waals surface area contributed by atoms with Gasteiger partial charge in [0.2, 0.25) is 5.91 Å². The third-order valence-electron chi connectivity index (χ3n) is 4.08. The van der Waals surface area contributed by atoms with E-state index >= 15 is 0 Å². The average Bonchev–Trinajstić information content (AvgIpc) is 3.09. The quantitative estimate of drug-likeness (QED) is 0.608. The summed E-state index contributed by atoms with van der Waals surface area (Å²) in [6, 6.07) is 15.1. The van der Waals surface area contributed by atoms with Crippen LogP contribution in [0.3, 0.4) is 0 Å². The van der Waals surface area contributed by atoms with E-state index in [4.69, 9.17) is 0 Å². The van der Waals surface area contributed by atoms with Crippen LogP contribution in [0.25, 0.3) is 10.2 Å². The molecule has 5 nitrogen and oxygen atoms in total. The van der Waals surface area contributed by atoms with Crippen LogP contribution in [0.2, 0.25) is 0 Å². The smallest absolute Gasteiger partial charge is 0.251 e. The molecule has 3 aromatic rings. The molecule has 2 amide bonds. The van der Waals surface area contributed by atoms with Gasteiger partial charge in [0.25, 0.3) is 5.91 Å². The molecule has 0 atom stereocenters. The third-order valence-corrected chi connectivity index (χ3v) is 5.17. The van der Waals surface area contributed by atoms with E-state index in [0.29, 0.717) is 24.2 Å². The topological polar surface area (TPSA) is 71.1 Å². The van der Waals surface area contributed by atoms with Gasteiger partial charge in [-0.3, -0.25) is 9.59 Å². The molecule has 2 aromatic carbocycles. The minimum atomic E-state index is -0.121. The van der Waals surface area contributed by atoms with Crippen LogP contribution >= 0.6 is 11.3 Å². The van der Waals surface area contributed by atoms with Gasteiger partial charge in [0.15, 0.2) is 0 Å². The Labute approximate surface area is 162 Å². The van der Waals surface area contributed by atoms with Crippen LogP contribution in [0.1, 0.15) is 41.6 Å². The zero-order chi connectivity index (χ0) is 19.1. The van der Waals surface area contributed by atoms with Crippen LogP contribution in [-0.2, 0) is 11.2 Å². The van der Waals surface area contributed by atoms with Gasteiger partial charge in [-0.15, -0.1) is 11.3 Å². The van der Waals surface area contributed by atoms with Gasteiger partial charge in [-0.05, 0) is 49.6 Å². The van der Waals surface area contributed by atoms with Gasteiger partial charge in [-0.2, -0.15) is 0 Å². The maximum absolute atomic E-state index is 12.2. The number of thiazole rings is 1. The molecule has 0 saturated carbocycles. The van der Waals surface area contributed by atoms with Crippen LogP contribution < -0.4 is 10.6 Å². The number of hydrogen-bond donors (Lipinski definition) is 2. The van der Waals surface area contributed by atoms with Crippen molar-refractivity contribution in [1.82, 2.24) is 10.3 Å². The Balaban J connectivity index is 1.49. The van der Waals surface area contributed by atoms with Gasteiger partial charge < -0.3 is 10.6 Å². The number of carbonyl (C=O) groups excluding carboxylic acids is 2. The SMILES string of the molecule is CCCNC(=O)c1cccc(NC(=O)CCCc2nc3ccccc3s2)c1. The summed E-state index contributed by atoms with van der Waals surface area (Å²) in [5.41, 5.74) is 2.21. The molecule has 6 heteroatoms. The standard InChI is InChI=1S/C21H23N3O2S/c1-2-13-22-21(26)15-7-5-8-16(14-15)23-19(25)11-6-12-20-24-17-9-3-4-10-18(17)27-20/h3-5,7-10,14H,2,6,11-13H2,1H3,(H,22,26)(H,23,25). The highest BCUT2D eigenvalue weighted by Crippen LogP contribution is 2.22. The summed E-state index contributed by atoms with van der Waals surface area (Å²) >= 11 is 1.68. The van der Waals surface area contributed by atoms with Gasteiger partial charge in [-0.25, -0.2) is 4.98 Å². The van der Waals surface area contributed by atoms with Crippen molar-refractivity contribution in [2.45, 2.75) is 32.6 Å². The molecule has 0 spiro atoms. The second kappa shape index (κ2) is 9.28. The van der Waals surface area contributed by atoms with Gasteiger partial charge in [0.1, 0.15) is 0 Å². The van der Waals surface area contributed by atoms with Crippen molar-refractivity contribution >= 4 is 39.1 Å². The Bertz CT molecular complexity index is 903.